The van der Waals surface area contributed by atoms with Crippen LogP contribution in [0.2, 0.25) is 0 Å². The Labute approximate surface area is 191 Å². The summed E-state index contributed by atoms with van der Waals surface area (Å²) in [5.74, 6) is -1.02. The molecule has 1 fully saturated rings. The lowest BCUT2D eigenvalue weighted by atomic mass is 10.1. The number of pyridine rings is 1. The summed E-state index contributed by atoms with van der Waals surface area (Å²) in [5.41, 5.74) is 2.75. The number of amides is 2. The van der Waals surface area contributed by atoms with Gasteiger partial charge in [-0.1, -0.05) is 6.07 Å². The third kappa shape index (κ3) is 4.57. The van der Waals surface area contributed by atoms with Crippen molar-refractivity contribution in [3.05, 3.63) is 47.8 Å². The van der Waals surface area contributed by atoms with Crippen molar-refractivity contribution in [2.45, 2.75) is 52.7 Å². The number of nitrogens with one attached hydrogen (secondary N) is 1. The molecule has 0 aliphatic carbocycles. The molecular formula is C24H27N5O4. The molecule has 0 spiro atoms. The predicted molar refractivity (Wildman–Crippen MR) is 124 cm³/mol. The smallest absolute Gasteiger partial charge is 0.340 e. The number of benzene rings is 1. The Morgan fingerprint density at radius 1 is 1.18 bits per heavy atom. The minimum Gasteiger partial charge on any atom is -0.449 e. The Morgan fingerprint density at radius 2 is 1.97 bits per heavy atom. The average Bonchev–Trinajstić information content (AvgIpc) is 3.38. The van der Waals surface area contributed by atoms with Crippen LogP contribution in [0.25, 0.3) is 11.0 Å². The molecule has 0 saturated carbocycles. The van der Waals surface area contributed by atoms with Crippen LogP contribution in [0.4, 0.5) is 11.4 Å². The lowest BCUT2D eigenvalue weighted by Crippen LogP contribution is -2.30. The van der Waals surface area contributed by atoms with Gasteiger partial charge in [-0.05, 0) is 58.4 Å². The normalized spacial score (nSPS) is 14.7. The highest BCUT2D eigenvalue weighted by Crippen LogP contribution is 2.25. The number of esters is 1. The quantitative estimate of drug-likeness (QED) is 0.576. The van der Waals surface area contributed by atoms with Gasteiger partial charge in [0.15, 0.2) is 11.8 Å². The molecule has 172 valence electrons. The van der Waals surface area contributed by atoms with E-state index in [0.717, 1.165) is 17.5 Å². The zero-order chi connectivity index (χ0) is 23.7. The lowest BCUT2D eigenvalue weighted by Gasteiger charge is -2.18. The van der Waals surface area contributed by atoms with Crippen LogP contribution >= 0.6 is 0 Å². The molecule has 1 atom stereocenters. The second-order valence-electron chi connectivity index (χ2n) is 8.45. The molecule has 1 aliphatic heterocycles. The van der Waals surface area contributed by atoms with Gasteiger partial charge < -0.3 is 15.0 Å². The minimum atomic E-state index is -1.02. The highest BCUT2D eigenvalue weighted by molar-refractivity contribution is 6.00. The van der Waals surface area contributed by atoms with Crippen LogP contribution in [0.15, 0.2) is 36.5 Å². The first-order valence-corrected chi connectivity index (χ1v) is 11.0. The van der Waals surface area contributed by atoms with E-state index in [0.29, 0.717) is 35.6 Å². The van der Waals surface area contributed by atoms with Gasteiger partial charge in [0.25, 0.3) is 5.91 Å². The second kappa shape index (κ2) is 9.01. The molecule has 1 aromatic carbocycles. The Morgan fingerprint density at radius 3 is 2.67 bits per heavy atom. The monoisotopic (exact) mass is 449 g/mol. The first kappa shape index (κ1) is 22.4. The van der Waals surface area contributed by atoms with Crippen molar-refractivity contribution in [2.75, 3.05) is 16.8 Å². The molecule has 1 N–H and O–H groups in total. The molecule has 2 aromatic heterocycles. The lowest BCUT2D eigenvalue weighted by molar-refractivity contribution is -0.123. The van der Waals surface area contributed by atoms with E-state index in [9.17, 15) is 14.4 Å². The van der Waals surface area contributed by atoms with Gasteiger partial charge in [0.1, 0.15) is 0 Å². The summed E-state index contributed by atoms with van der Waals surface area (Å²) in [6, 6.07) is 8.89. The van der Waals surface area contributed by atoms with E-state index in [1.54, 1.807) is 47.0 Å². The Bertz CT molecular complexity index is 1230. The fourth-order valence-electron chi connectivity index (χ4n) is 3.84. The third-order valence-electron chi connectivity index (χ3n) is 5.62. The fraction of sp³-hybridized carbons (Fsp3) is 0.375. The fourth-order valence-corrected chi connectivity index (χ4v) is 3.84. The number of nitrogens with zero attached hydrogens (tertiary/aromatic N) is 4. The van der Waals surface area contributed by atoms with E-state index in [2.05, 4.69) is 15.4 Å². The van der Waals surface area contributed by atoms with Gasteiger partial charge in [0.05, 0.1) is 17.5 Å². The molecule has 9 heteroatoms. The molecule has 0 bridgehead atoms. The molecule has 1 saturated heterocycles. The number of hydrogen-bond acceptors (Lipinski definition) is 6. The molecule has 33 heavy (non-hydrogen) atoms. The van der Waals surface area contributed by atoms with Crippen LogP contribution in [-0.2, 0) is 14.3 Å². The Kier molecular flexibility index (Phi) is 6.13. The van der Waals surface area contributed by atoms with Gasteiger partial charge in [-0.3, -0.25) is 9.59 Å². The van der Waals surface area contributed by atoms with Crippen LogP contribution in [0.5, 0.6) is 0 Å². The van der Waals surface area contributed by atoms with Crippen molar-refractivity contribution in [1.29, 1.82) is 0 Å². The highest BCUT2D eigenvalue weighted by atomic mass is 16.5. The van der Waals surface area contributed by atoms with Gasteiger partial charge in [-0.25, -0.2) is 14.5 Å². The molecule has 2 amide bonds. The molecule has 3 heterocycles. The van der Waals surface area contributed by atoms with Crippen LogP contribution < -0.4 is 10.2 Å². The number of anilines is 2. The number of aryl methyl sites for hydroxylation is 1. The summed E-state index contributed by atoms with van der Waals surface area (Å²) in [6.07, 6.45) is 1.98. The summed E-state index contributed by atoms with van der Waals surface area (Å²) in [4.78, 5) is 43.6. The summed E-state index contributed by atoms with van der Waals surface area (Å²) < 4.78 is 7.21. The number of hydrogen-bond donors (Lipinski definition) is 1. The maximum absolute atomic E-state index is 12.8. The molecule has 9 nitrogen and oxygen atoms in total. The SMILES string of the molecule is Cc1nc2c(cnn2C(C)C)cc1C(=O)O[C@@H](C)C(=O)Nc1cccc(N2CCCC2=O)c1. The zero-order valence-corrected chi connectivity index (χ0v) is 19.2. The second-order valence-corrected chi connectivity index (χ2v) is 8.45. The molecule has 1 aliphatic rings. The summed E-state index contributed by atoms with van der Waals surface area (Å²) in [7, 11) is 0. The van der Waals surface area contributed by atoms with Gasteiger partial charge in [0.2, 0.25) is 5.91 Å². The number of aromatic nitrogens is 3. The number of carbonyl (C=O) groups excluding carboxylic acids is 3. The van der Waals surface area contributed by atoms with E-state index < -0.39 is 18.0 Å². The summed E-state index contributed by atoms with van der Waals surface area (Å²) in [6.45, 7) is 7.91. The van der Waals surface area contributed by atoms with Crippen molar-refractivity contribution in [1.82, 2.24) is 14.8 Å². The van der Waals surface area contributed by atoms with Crippen molar-refractivity contribution in [3.63, 3.8) is 0 Å². The maximum atomic E-state index is 12.8. The van der Waals surface area contributed by atoms with Gasteiger partial charge >= 0.3 is 5.97 Å². The van der Waals surface area contributed by atoms with Gasteiger partial charge in [-0.2, -0.15) is 5.10 Å². The van der Waals surface area contributed by atoms with Crippen LogP contribution in [0.3, 0.4) is 0 Å². The van der Waals surface area contributed by atoms with Crippen molar-refractivity contribution in [3.8, 4) is 0 Å². The first-order valence-electron chi connectivity index (χ1n) is 11.0. The van der Waals surface area contributed by atoms with E-state index >= 15 is 0 Å². The van der Waals surface area contributed by atoms with Gasteiger partial charge in [-0.15, -0.1) is 0 Å². The molecular weight excluding hydrogens is 422 g/mol. The van der Waals surface area contributed by atoms with E-state index in [1.807, 2.05) is 19.9 Å². The minimum absolute atomic E-state index is 0.0701. The van der Waals surface area contributed by atoms with E-state index in [1.165, 1.54) is 6.92 Å². The largest absolute Gasteiger partial charge is 0.449 e. The summed E-state index contributed by atoms with van der Waals surface area (Å²) >= 11 is 0. The standard InChI is InChI=1S/C24H27N5O4/c1-14(2)29-22-17(13-25-29)11-20(15(3)26-22)24(32)33-16(4)23(31)27-18-7-5-8-19(12-18)28-10-6-9-21(28)30/h5,7-8,11-14,16H,6,9-10H2,1-4H3,(H,27,31)/t16-/m0/s1. The van der Waals surface area contributed by atoms with Gasteiger partial charge in [0, 0.05) is 35.8 Å². The van der Waals surface area contributed by atoms with Crippen molar-refractivity contribution < 1.29 is 19.1 Å². The third-order valence-corrected chi connectivity index (χ3v) is 5.62. The number of rotatable bonds is 6. The van der Waals surface area contributed by atoms with E-state index in [4.69, 9.17) is 4.74 Å². The molecule has 0 unspecified atom stereocenters. The molecule has 0 radical (unpaired) electrons. The molecule has 3 aromatic rings. The Balaban J connectivity index is 1.44. The number of carbonyl (C=O) groups is 3. The highest BCUT2D eigenvalue weighted by Gasteiger charge is 2.24. The topological polar surface area (TPSA) is 106 Å². The van der Waals surface area contributed by atoms with Crippen molar-refractivity contribution >= 4 is 40.2 Å². The van der Waals surface area contributed by atoms with E-state index in [-0.39, 0.29) is 11.9 Å². The number of ether oxygens (including phenoxy) is 1. The first-order chi connectivity index (χ1) is 15.7. The molecule has 4 rings (SSSR count). The van der Waals surface area contributed by atoms with Crippen LogP contribution in [0, 0.1) is 6.92 Å². The Hall–Kier alpha value is -3.75. The maximum Gasteiger partial charge on any atom is 0.340 e. The zero-order valence-electron chi connectivity index (χ0n) is 19.2. The van der Waals surface area contributed by atoms with Crippen molar-refractivity contribution in [2.24, 2.45) is 0 Å². The van der Waals surface area contributed by atoms with Crippen LogP contribution in [-0.4, -0.2) is 45.2 Å². The summed E-state index contributed by atoms with van der Waals surface area (Å²) in [5, 5.41) is 7.81. The van der Waals surface area contributed by atoms with Crippen LogP contribution in [0.1, 0.15) is 55.7 Å². The average molecular weight is 450 g/mol. The number of fused-ring (bicyclic) bond motifs is 1. The predicted octanol–water partition coefficient (Wildman–Crippen LogP) is 3.63.